The van der Waals surface area contributed by atoms with E-state index in [-0.39, 0.29) is 41.6 Å². The van der Waals surface area contributed by atoms with E-state index in [0.717, 1.165) is 77.0 Å². The summed E-state index contributed by atoms with van der Waals surface area (Å²) in [4.78, 5) is 21.3. The highest BCUT2D eigenvalue weighted by molar-refractivity contribution is 6.43. The summed E-state index contributed by atoms with van der Waals surface area (Å²) < 4.78 is 5.86. The quantitative estimate of drug-likeness (QED) is 0.227. The van der Waals surface area contributed by atoms with E-state index in [4.69, 9.17) is 21.3 Å². The molecule has 0 aromatic heterocycles. The van der Waals surface area contributed by atoms with Crippen LogP contribution < -0.4 is 16.2 Å². The highest BCUT2D eigenvalue weighted by Gasteiger charge is 2.50. The second-order valence-electron chi connectivity index (χ2n) is 12.8. The first-order valence-electron chi connectivity index (χ1n) is 15.5. The van der Waals surface area contributed by atoms with Crippen molar-refractivity contribution >= 4 is 30.3 Å². The van der Waals surface area contributed by atoms with Crippen molar-refractivity contribution in [3.05, 3.63) is 0 Å². The lowest BCUT2D eigenvalue weighted by Gasteiger charge is -2.44. The molecule has 1 saturated heterocycles. The average Bonchev–Trinajstić information content (AvgIpc) is 3.26. The van der Waals surface area contributed by atoms with Crippen LogP contribution in [0.15, 0.2) is 4.99 Å². The molecule has 5 rings (SSSR count). The van der Waals surface area contributed by atoms with Crippen LogP contribution in [0.5, 0.6) is 0 Å². The van der Waals surface area contributed by atoms with Gasteiger partial charge in [-0.3, -0.25) is 14.7 Å². The number of ether oxygens (including phenoxy) is 1. The fraction of sp³-hybridized carbons (Fsp3) is 0.929. The van der Waals surface area contributed by atoms with Gasteiger partial charge in [0.25, 0.3) is 0 Å². The third kappa shape index (κ3) is 7.01. The second kappa shape index (κ2) is 13.5. The maximum absolute atomic E-state index is 13.3. The number of carbonyl (C=O) groups excluding carboxylic acids is 1. The summed E-state index contributed by atoms with van der Waals surface area (Å²) in [5, 5.41) is 22.6. The number of amides is 1. The summed E-state index contributed by atoms with van der Waals surface area (Å²) in [5.41, 5.74) is 8.25. The third-order valence-electron chi connectivity index (χ3n) is 10.3. The van der Waals surface area contributed by atoms with Gasteiger partial charge in [-0.2, -0.15) is 0 Å². The molecule has 0 aromatic rings. The third-order valence-corrected chi connectivity index (χ3v) is 10.8. The Balaban J connectivity index is 1.29. The number of hydrazine groups is 1. The first-order chi connectivity index (χ1) is 18.8. The van der Waals surface area contributed by atoms with E-state index in [1.54, 1.807) is 0 Å². The summed E-state index contributed by atoms with van der Waals surface area (Å²) in [6, 6.07) is 0.210. The largest absolute Gasteiger partial charge is 0.454 e. The van der Waals surface area contributed by atoms with E-state index in [0.29, 0.717) is 36.8 Å². The minimum Gasteiger partial charge on any atom is -0.427 e. The molecule has 0 spiro atoms. The zero-order valence-corrected chi connectivity index (χ0v) is 24.5. The lowest BCUT2D eigenvalue weighted by atomic mass is 9.62. The number of hydrogen-bond donors (Lipinski definition) is 5. The number of nitrogens with zero attached hydrogens (tertiary/aromatic N) is 2. The molecule has 2 aliphatic heterocycles. The fourth-order valence-electron chi connectivity index (χ4n) is 8.20. The van der Waals surface area contributed by atoms with Gasteiger partial charge in [-0.15, -0.1) is 11.6 Å². The molecule has 4 fully saturated rings. The van der Waals surface area contributed by atoms with Crippen LogP contribution in [0.3, 0.4) is 0 Å². The van der Waals surface area contributed by atoms with Gasteiger partial charge in [-0.05, 0) is 82.4 Å². The van der Waals surface area contributed by atoms with E-state index in [1.165, 1.54) is 5.71 Å². The summed E-state index contributed by atoms with van der Waals surface area (Å²) in [6.07, 6.45) is 12.8. The Morgan fingerprint density at radius 3 is 2.67 bits per heavy atom. The van der Waals surface area contributed by atoms with E-state index in [1.807, 2.05) is 7.11 Å². The Morgan fingerprint density at radius 1 is 1.13 bits per heavy atom. The highest BCUT2D eigenvalue weighted by Crippen LogP contribution is 2.42. The minimum atomic E-state index is -1.23. The molecule has 0 aromatic carbocycles. The molecule has 5 N–H and O–H groups in total. The molecule has 0 bridgehead atoms. The van der Waals surface area contributed by atoms with E-state index < -0.39 is 7.12 Å². The van der Waals surface area contributed by atoms with Crippen molar-refractivity contribution in [3.63, 3.8) is 0 Å². The maximum atomic E-state index is 13.3. The highest BCUT2D eigenvalue weighted by atomic mass is 35.5. The molecule has 3 aliphatic carbocycles. The predicted molar refractivity (Wildman–Crippen MR) is 154 cm³/mol. The number of alkyl halides is 1. The first kappa shape index (κ1) is 29.7. The van der Waals surface area contributed by atoms with Crippen LogP contribution in [0.4, 0.5) is 0 Å². The number of hydrogen-bond acceptors (Lipinski definition) is 8. The minimum absolute atomic E-state index is 0.0237. The SMILES string of the molecule is COC1CCC2C(C1)C(C1CCC(Cl)CC1)=N[C@@H](CC(=O)NCCC1CCCC(B(O)O)C1)C1NNC(C)N21. The van der Waals surface area contributed by atoms with E-state index in [2.05, 4.69) is 28.0 Å². The maximum Gasteiger partial charge on any atom is 0.454 e. The van der Waals surface area contributed by atoms with Crippen LogP contribution in [0.2, 0.25) is 5.82 Å². The van der Waals surface area contributed by atoms with Gasteiger partial charge in [0.15, 0.2) is 0 Å². The van der Waals surface area contributed by atoms with Crippen molar-refractivity contribution in [1.29, 1.82) is 0 Å². The van der Waals surface area contributed by atoms with Gasteiger partial charge < -0.3 is 20.1 Å². The first-order valence-corrected chi connectivity index (χ1v) is 15.9. The lowest BCUT2D eigenvalue weighted by molar-refractivity contribution is -0.121. The molecular formula is C28H49BClN5O4. The van der Waals surface area contributed by atoms with Gasteiger partial charge in [0.1, 0.15) is 0 Å². The summed E-state index contributed by atoms with van der Waals surface area (Å²) >= 11 is 6.49. The molecule has 7 unspecified atom stereocenters. The van der Waals surface area contributed by atoms with Crippen molar-refractivity contribution in [3.8, 4) is 0 Å². The Kier molecular flexibility index (Phi) is 10.3. The standard InChI is InChI=1S/C28H49BClN5O4/c1-17-33-34-28-24(16-26(36)31-13-12-18-4-3-5-20(14-18)29(37)38)32-27(19-6-8-21(30)9-7-19)23-15-22(39-2)10-11-25(23)35(17)28/h17-25,28,33-34,37-38H,3-16H2,1-2H3,(H,31,36)/t17?,18?,19?,20?,21?,22?,23?,24-,25?,28?/m0/s1. The molecule has 2 heterocycles. The predicted octanol–water partition coefficient (Wildman–Crippen LogP) is 2.80. The van der Waals surface area contributed by atoms with E-state index >= 15 is 0 Å². The molecule has 3 saturated carbocycles. The smallest absolute Gasteiger partial charge is 0.427 e. The summed E-state index contributed by atoms with van der Waals surface area (Å²) in [5.74, 6) is 1.20. The lowest BCUT2D eigenvalue weighted by Crippen LogP contribution is -2.55. The molecular weight excluding hydrogens is 517 g/mol. The molecule has 1 amide bonds. The molecule has 220 valence electrons. The average molecular weight is 566 g/mol. The van der Waals surface area contributed by atoms with Gasteiger partial charge >= 0.3 is 7.12 Å². The number of fused-ring (bicyclic) bond motifs is 3. The normalized spacial score (nSPS) is 41.2. The topological polar surface area (TPSA) is 118 Å². The van der Waals surface area contributed by atoms with Crippen LogP contribution in [0.25, 0.3) is 0 Å². The van der Waals surface area contributed by atoms with Crippen LogP contribution in [0, 0.1) is 17.8 Å². The fourth-order valence-corrected chi connectivity index (χ4v) is 8.46. The van der Waals surface area contributed by atoms with Crippen LogP contribution >= 0.6 is 11.6 Å². The number of carbonyl (C=O) groups is 1. The van der Waals surface area contributed by atoms with Crippen molar-refractivity contribution in [2.45, 2.75) is 132 Å². The van der Waals surface area contributed by atoms with Crippen LogP contribution in [-0.4, -0.2) is 83.2 Å². The molecule has 9 nitrogen and oxygen atoms in total. The van der Waals surface area contributed by atoms with Gasteiger partial charge in [-0.1, -0.05) is 19.3 Å². The van der Waals surface area contributed by atoms with E-state index in [9.17, 15) is 14.8 Å². The molecule has 8 atom stereocenters. The second-order valence-corrected chi connectivity index (χ2v) is 13.4. The Labute approximate surface area is 239 Å². The number of rotatable bonds is 8. The van der Waals surface area contributed by atoms with Crippen LogP contribution in [-0.2, 0) is 9.53 Å². The van der Waals surface area contributed by atoms with Gasteiger partial charge in [0.2, 0.25) is 5.91 Å². The van der Waals surface area contributed by atoms with Crippen molar-refractivity contribution < 1.29 is 19.6 Å². The molecule has 5 aliphatic rings. The monoisotopic (exact) mass is 565 g/mol. The number of nitrogens with one attached hydrogen (secondary N) is 3. The van der Waals surface area contributed by atoms with Gasteiger partial charge in [0.05, 0.1) is 30.9 Å². The number of aliphatic imine (C=N–C) groups is 1. The van der Waals surface area contributed by atoms with Gasteiger partial charge in [0, 0.05) is 36.7 Å². The molecule has 39 heavy (non-hydrogen) atoms. The van der Waals surface area contributed by atoms with Crippen molar-refractivity contribution in [2.24, 2.45) is 22.7 Å². The Morgan fingerprint density at radius 2 is 1.92 bits per heavy atom. The number of methoxy groups -OCH3 is 1. The van der Waals surface area contributed by atoms with Crippen LogP contribution in [0.1, 0.15) is 90.4 Å². The summed E-state index contributed by atoms with van der Waals surface area (Å²) in [7, 11) is 0.596. The Hall–Kier alpha value is -0.745. The Bertz CT molecular complexity index is 860. The van der Waals surface area contributed by atoms with Crippen molar-refractivity contribution in [2.75, 3.05) is 13.7 Å². The zero-order chi connectivity index (χ0) is 27.5. The van der Waals surface area contributed by atoms with Crippen molar-refractivity contribution in [1.82, 2.24) is 21.1 Å². The molecule has 11 heteroatoms. The number of halogens is 1. The summed E-state index contributed by atoms with van der Waals surface area (Å²) in [6.45, 7) is 2.83. The molecule has 0 radical (unpaired) electrons. The van der Waals surface area contributed by atoms with Gasteiger partial charge in [-0.25, -0.2) is 10.9 Å². The zero-order valence-electron chi connectivity index (χ0n) is 23.7.